The molecule has 0 bridgehead atoms. The van der Waals surface area contributed by atoms with Crippen molar-refractivity contribution in [2.45, 2.75) is 65.0 Å². The highest BCUT2D eigenvalue weighted by Crippen LogP contribution is 2.29. The van der Waals surface area contributed by atoms with E-state index in [-0.39, 0.29) is 29.3 Å². The Balaban J connectivity index is 1.33. The lowest BCUT2D eigenvalue weighted by Gasteiger charge is -2.32. The van der Waals surface area contributed by atoms with Gasteiger partial charge in [-0.2, -0.15) is 4.68 Å². The number of furan rings is 1. The summed E-state index contributed by atoms with van der Waals surface area (Å²) in [5.74, 6) is -0.891. The molecule has 2 amide bonds. The van der Waals surface area contributed by atoms with Crippen LogP contribution in [0.4, 0.5) is 10.6 Å². The van der Waals surface area contributed by atoms with Crippen molar-refractivity contribution in [2.24, 2.45) is 0 Å². The number of nitrogens with one attached hydrogen (secondary N) is 2. The Kier molecular flexibility index (Phi) is 11.1. The van der Waals surface area contributed by atoms with Crippen molar-refractivity contribution in [1.29, 1.82) is 0 Å². The van der Waals surface area contributed by atoms with E-state index in [9.17, 15) is 14.4 Å². The number of rotatable bonds is 13. The van der Waals surface area contributed by atoms with Crippen LogP contribution in [0.2, 0.25) is 0 Å². The second kappa shape index (κ2) is 15.4. The summed E-state index contributed by atoms with van der Waals surface area (Å²) in [5.41, 5.74) is 2.09. The van der Waals surface area contributed by atoms with Crippen LogP contribution in [0.3, 0.4) is 0 Å². The van der Waals surface area contributed by atoms with Crippen molar-refractivity contribution in [2.75, 3.05) is 45.2 Å². The van der Waals surface area contributed by atoms with Crippen LogP contribution in [0.5, 0.6) is 0 Å². The van der Waals surface area contributed by atoms with Gasteiger partial charge in [-0.3, -0.25) is 14.5 Å². The Morgan fingerprint density at radius 1 is 0.915 bits per heavy atom. The fourth-order valence-corrected chi connectivity index (χ4v) is 5.64. The van der Waals surface area contributed by atoms with Crippen molar-refractivity contribution >= 4 is 34.8 Å². The molecule has 250 valence electrons. The van der Waals surface area contributed by atoms with E-state index in [4.69, 9.17) is 9.15 Å². The number of hydrogen-bond donors (Lipinski definition) is 2. The maximum Gasteiger partial charge on any atom is 0.435 e. The summed E-state index contributed by atoms with van der Waals surface area (Å²) in [7, 11) is 2.13. The zero-order chi connectivity index (χ0) is 33.4. The van der Waals surface area contributed by atoms with E-state index in [1.165, 1.54) is 6.07 Å². The van der Waals surface area contributed by atoms with Crippen LogP contribution in [-0.4, -0.2) is 77.3 Å². The maximum atomic E-state index is 13.4. The molecule has 0 radical (unpaired) electrons. The first kappa shape index (κ1) is 33.9. The molecule has 2 aromatic heterocycles. The Labute approximate surface area is 276 Å². The molecule has 1 fully saturated rings. The molecule has 1 aliphatic heterocycles. The number of piperazine rings is 1. The molecule has 0 spiro atoms. The minimum Gasteiger partial charge on any atom is -0.448 e. The van der Waals surface area contributed by atoms with Gasteiger partial charge in [0.05, 0.1) is 12.1 Å². The lowest BCUT2D eigenvalue weighted by Crippen LogP contribution is -2.43. The van der Waals surface area contributed by atoms with E-state index >= 15 is 0 Å². The highest BCUT2D eigenvalue weighted by Gasteiger charge is 2.29. The number of anilines is 1. The van der Waals surface area contributed by atoms with Crippen LogP contribution in [0.1, 0.15) is 84.9 Å². The number of benzene rings is 2. The Morgan fingerprint density at radius 3 is 2.32 bits per heavy atom. The molecule has 11 nitrogen and oxygen atoms in total. The lowest BCUT2D eigenvalue weighted by atomic mass is 9.94. The van der Waals surface area contributed by atoms with Crippen molar-refractivity contribution in [3.63, 3.8) is 0 Å². The molecule has 2 aromatic carbocycles. The molecule has 1 saturated heterocycles. The number of amides is 2. The third-order valence-corrected chi connectivity index (χ3v) is 8.60. The number of fused-ring (bicyclic) bond motifs is 1. The third-order valence-electron chi connectivity index (χ3n) is 8.60. The van der Waals surface area contributed by atoms with Gasteiger partial charge in [0.25, 0.3) is 11.8 Å². The number of ether oxygens (including phenoxy) is 1. The molecule has 1 aliphatic rings. The number of likely N-dealkylation sites (N-methyl/N-ethyl adjacent to an activating group) is 1. The average molecular weight is 643 g/mol. The molecule has 0 saturated carbocycles. The van der Waals surface area contributed by atoms with Crippen LogP contribution >= 0.6 is 0 Å². The van der Waals surface area contributed by atoms with Gasteiger partial charge < -0.3 is 24.7 Å². The predicted octanol–water partition coefficient (Wildman–Crippen LogP) is 6.25. The first-order chi connectivity index (χ1) is 22.6. The van der Waals surface area contributed by atoms with E-state index in [1.54, 1.807) is 12.1 Å². The summed E-state index contributed by atoms with van der Waals surface area (Å²) >= 11 is 0. The van der Waals surface area contributed by atoms with Crippen molar-refractivity contribution in [3.05, 3.63) is 83.1 Å². The first-order valence-electron chi connectivity index (χ1n) is 16.5. The van der Waals surface area contributed by atoms with E-state index in [1.807, 2.05) is 56.3 Å². The molecule has 4 aromatic rings. The van der Waals surface area contributed by atoms with Gasteiger partial charge in [0, 0.05) is 44.4 Å². The van der Waals surface area contributed by atoms with Crippen LogP contribution in [0.15, 0.2) is 65.1 Å². The molecule has 0 atom stereocenters. The summed E-state index contributed by atoms with van der Waals surface area (Å²) < 4.78 is 12.5. The van der Waals surface area contributed by atoms with Crippen LogP contribution in [0.25, 0.3) is 11.1 Å². The fraction of sp³-hybridized carbons (Fsp3) is 0.444. The smallest absolute Gasteiger partial charge is 0.435 e. The zero-order valence-electron chi connectivity index (χ0n) is 27.9. The van der Waals surface area contributed by atoms with E-state index in [2.05, 4.69) is 39.5 Å². The standard InChI is InChI=1S/C36H46N6O5/c1-5-6-7-8-12-23-46-35(45)42-29-24-30(34(44)38-36(2,3)28-13-10-9-11-14-28)47-31(29)32(39-42)37-33(43)27-17-15-26(16-18-27)25-41-21-19-40(4)20-22-41/h9-11,13-18,24H,5-8,12,19-23,25H2,1-4H3,(H,38,44)(H,37,39,43). The van der Waals surface area contributed by atoms with Crippen molar-refractivity contribution < 1.29 is 23.5 Å². The van der Waals surface area contributed by atoms with Crippen LogP contribution < -0.4 is 10.6 Å². The van der Waals surface area contributed by atoms with Crippen molar-refractivity contribution in [1.82, 2.24) is 24.9 Å². The number of aromatic nitrogens is 2. The second-order valence-corrected chi connectivity index (χ2v) is 12.8. The Morgan fingerprint density at radius 2 is 1.62 bits per heavy atom. The van der Waals surface area contributed by atoms with Gasteiger partial charge in [0.1, 0.15) is 5.52 Å². The van der Waals surface area contributed by atoms with E-state index in [0.29, 0.717) is 5.56 Å². The number of nitrogens with zero attached hydrogens (tertiary/aromatic N) is 4. The summed E-state index contributed by atoms with van der Waals surface area (Å²) in [6.07, 6.45) is 4.32. The summed E-state index contributed by atoms with van der Waals surface area (Å²) in [4.78, 5) is 44.6. The van der Waals surface area contributed by atoms with Gasteiger partial charge in [-0.25, -0.2) is 4.79 Å². The molecule has 47 heavy (non-hydrogen) atoms. The van der Waals surface area contributed by atoms with Crippen molar-refractivity contribution in [3.8, 4) is 0 Å². The Hall–Kier alpha value is -4.48. The SMILES string of the molecule is CCCCCCCOC(=O)n1nc(NC(=O)c2ccc(CN3CCN(C)CC3)cc2)c2oc(C(=O)NC(C)(C)c3ccccc3)cc21. The number of carbonyl (C=O) groups excluding carboxylic acids is 3. The highest BCUT2D eigenvalue weighted by molar-refractivity contribution is 6.08. The Bertz CT molecular complexity index is 1650. The fourth-order valence-electron chi connectivity index (χ4n) is 5.64. The topological polar surface area (TPSA) is 122 Å². The second-order valence-electron chi connectivity index (χ2n) is 12.8. The number of unbranched alkanes of at least 4 members (excludes halogenated alkanes) is 4. The average Bonchev–Trinajstić information content (AvgIpc) is 3.65. The molecule has 0 unspecified atom stereocenters. The third kappa shape index (κ3) is 8.66. The van der Waals surface area contributed by atoms with Crippen LogP contribution in [0, 0.1) is 0 Å². The van der Waals surface area contributed by atoms with Gasteiger partial charge in [-0.1, -0.05) is 75.1 Å². The number of carbonyl (C=O) groups is 3. The lowest BCUT2D eigenvalue weighted by molar-refractivity contribution is 0.0885. The minimum atomic E-state index is -0.711. The van der Waals surface area contributed by atoms with Gasteiger partial charge in [0.15, 0.2) is 17.2 Å². The van der Waals surface area contributed by atoms with Gasteiger partial charge >= 0.3 is 6.09 Å². The zero-order valence-corrected chi connectivity index (χ0v) is 27.9. The molecular formula is C36H46N6O5. The van der Waals surface area contributed by atoms with Gasteiger partial charge in [0.2, 0.25) is 0 Å². The highest BCUT2D eigenvalue weighted by atomic mass is 16.6. The maximum absolute atomic E-state index is 13.4. The molecule has 2 N–H and O–H groups in total. The summed E-state index contributed by atoms with van der Waals surface area (Å²) in [6.45, 7) is 11.1. The minimum absolute atomic E-state index is 0.0211. The molecule has 11 heteroatoms. The van der Waals surface area contributed by atoms with Gasteiger partial charge in [-0.05, 0) is 50.6 Å². The molecule has 5 rings (SSSR count). The first-order valence-corrected chi connectivity index (χ1v) is 16.5. The number of hydrogen-bond acceptors (Lipinski definition) is 8. The predicted molar refractivity (Wildman–Crippen MR) is 182 cm³/mol. The monoisotopic (exact) mass is 642 g/mol. The normalized spacial score (nSPS) is 14.3. The quantitative estimate of drug-likeness (QED) is 0.164. The summed E-state index contributed by atoms with van der Waals surface area (Å²) in [5, 5.41) is 10.1. The molecular weight excluding hydrogens is 596 g/mol. The van der Waals surface area contributed by atoms with Gasteiger partial charge in [-0.15, -0.1) is 5.10 Å². The van der Waals surface area contributed by atoms with E-state index < -0.39 is 23.4 Å². The van der Waals surface area contributed by atoms with Crippen LogP contribution in [-0.2, 0) is 16.8 Å². The summed E-state index contributed by atoms with van der Waals surface area (Å²) in [6, 6.07) is 18.5. The van der Waals surface area contributed by atoms with E-state index in [0.717, 1.165) is 80.6 Å². The largest absolute Gasteiger partial charge is 0.448 e. The molecule has 0 aliphatic carbocycles. The molecule has 3 heterocycles.